The molecule has 0 aliphatic rings. The van der Waals surface area contributed by atoms with Crippen LogP contribution in [0.1, 0.15) is 31.9 Å². The Kier molecular flexibility index (Phi) is 5.82. The minimum Gasteiger partial charge on any atom is -0.508 e. The number of ether oxygens (including phenoxy) is 1. The summed E-state index contributed by atoms with van der Waals surface area (Å²) in [6.45, 7) is 6.86. The van der Waals surface area contributed by atoms with Gasteiger partial charge in [0.25, 0.3) is 0 Å². The number of carboxylic acids is 1. The number of amides is 1. The van der Waals surface area contributed by atoms with Gasteiger partial charge in [0.1, 0.15) is 17.4 Å². The normalized spacial score (nSPS) is 12.6. The summed E-state index contributed by atoms with van der Waals surface area (Å²) in [7, 11) is 0. The van der Waals surface area contributed by atoms with E-state index in [2.05, 4.69) is 21.2 Å². The van der Waals surface area contributed by atoms with Gasteiger partial charge in [-0.3, -0.25) is 0 Å². The minimum atomic E-state index is -1.21. The Morgan fingerprint density at radius 1 is 1.36 bits per heavy atom. The largest absolute Gasteiger partial charge is 0.508 e. The van der Waals surface area contributed by atoms with Crippen LogP contribution in [0.25, 0.3) is 0 Å². The molecule has 6 nitrogen and oxygen atoms in total. The minimum absolute atomic E-state index is 0.0158. The molecule has 0 fully saturated rings. The van der Waals surface area contributed by atoms with E-state index >= 15 is 0 Å². The Morgan fingerprint density at radius 3 is 2.45 bits per heavy atom. The van der Waals surface area contributed by atoms with Gasteiger partial charge in [-0.15, -0.1) is 0 Å². The fourth-order valence-electron chi connectivity index (χ4n) is 1.74. The molecule has 0 bridgehead atoms. The smallest absolute Gasteiger partial charge is 0.408 e. The molecule has 1 amide bonds. The SMILES string of the molecule is Cc1cc(O)c(CC(NC(=O)OC(C)(C)C)C(=O)O)cc1Br. The lowest BCUT2D eigenvalue weighted by Crippen LogP contribution is -2.44. The van der Waals surface area contributed by atoms with Crippen molar-refractivity contribution >= 4 is 28.0 Å². The number of carboxylic acid groups (broad SMARTS) is 1. The summed E-state index contributed by atoms with van der Waals surface area (Å²) in [6.07, 6.45) is -0.871. The van der Waals surface area contributed by atoms with Crippen LogP contribution in [0, 0.1) is 6.92 Å². The number of phenolic OH excluding ortho intramolecular Hbond substituents is 1. The Labute approximate surface area is 137 Å². The molecule has 0 aromatic heterocycles. The Balaban J connectivity index is 2.88. The van der Waals surface area contributed by atoms with E-state index in [1.165, 1.54) is 6.07 Å². The average Bonchev–Trinajstić information content (AvgIpc) is 2.32. The van der Waals surface area contributed by atoms with Gasteiger partial charge in [-0.05, 0) is 51.0 Å². The summed E-state index contributed by atoms with van der Waals surface area (Å²) in [5.74, 6) is -1.22. The second kappa shape index (κ2) is 7.00. The molecule has 0 saturated carbocycles. The zero-order valence-corrected chi connectivity index (χ0v) is 14.5. The molecule has 0 aliphatic carbocycles. The summed E-state index contributed by atoms with van der Waals surface area (Å²) in [6, 6.07) is 1.97. The van der Waals surface area contributed by atoms with Gasteiger partial charge in [-0.1, -0.05) is 15.9 Å². The second-order valence-electron chi connectivity index (χ2n) is 5.97. The van der Waals surface area contributed by atoms with Crippen molar-refractivity contribution < 1.29 is 24.5 Å². The molecule has 0 saturated heterocycles. The third kappa shape index (κ3) is 5.55. The number of hydrogen-bond donors (Lipinski definition) is 3. The molecule has 1 atom stereocenters. The van der Waals surface area contributed by atoms with Crippen LogP contribution in [0.5, 0.6) is 5.75 Å². The lowest BCUT2D eigenvalue weighted by Gasteiger charge is -2.22. The fraction of sp³-hybridized carbons (Fsp3) is 0.467. The predicted octanol–water partition coefficient (Wildman–Crippen LogP) is 2.98. The van der Waals surface area contributed by atoms with Crippen LogP contribution in [-0.2, 0) is 16.0 Å². The van der Waals surface area contributed by atoms with Gasteiger partial charge in [-0.2, -0.15) is 0 Å². The number of hydrogen-bond acceptors (Lipinski definition) is 4. The van der Waals surface area contributed by atoms with Crippen molar-refractivity contribution in [1.29, 1.82) is 0 Å². The first-order valence-electron chi connectivity index (χ1n) is 6.70. The highest BCUT2D eigenvalue weighted by Gasteiger charge is 2.25. The summed E-state index contributed by atoms with van der Waals surface area (Å²) in [4.78, 5) is 23.0. The van der Waals surface area contributed by atoms with E-state index in [4.69, 9.17) is 4.74 Å². The molecule has 122 valence electrons. The van der Waals surface area contributed by atoms with E-state index in [-0.39, 0.29) is 12.2 Å². The molecular formula is C15H20BrNO5. The molecule has 1 aromatic rings. The number of aromatic hydroxyl groups is 1. The number of aryl methyl sites for hydroxylation is 1. The van der Waals surface area contributed by atoms with Crippen LogP contribution < -0.4 is 5.32 Å². The lowest BCUT2D eigenvalue weighted by atomic mass is 10.0. The Morgan fingerprint density at radius 2 is 1.95 bits per heavy atom. The standard InChI is InChI=1S/C15H20BrNO5/c1-8-5-12(18)9(6-10(8)16)7-11(13(19)20)17-14(21)22-15(2,3)4/h5-6,11,18H,7H2,1-4H3,(H,17,21)(H,19,20). The quantitative estimate of drug-likeness (QED) is 0.753. The molecular weight excluding hydrogens is 354 g/mol. The number of carbonyl (C=O) groups excluding carboxylic acids is 1. The van der Waals surface area contributed by atoms with Gasteiger partial charge < -0.3 is 20.3 Å². The van der Waals surface area contributed by atoms with Crippen molar-refractivity contribution in [2.24, 2.45) is 0 Å². The predicted molar refractivity (Wildman–Crippen MR) is 85.0 cm³/mol. The van der Waals surface area contributed by atoms with Gasteiger partial charge in [0, 0.05) is 10.9 Å². The van der Waals surface area contributed by atoms with E-state index < -0.39 is 23.7 Å². The highest BCUT2D eigenvalue weighted by Crippen LogP contribution is 2.27. The number of alkyl carbamates (subject to hydrolysis) is 1. The second-order valence-corrected chi connectivity index (χ2v) is 6.83. The summed E-state index contributed by atoms with van der Waals surface area (Å²) in [5.41, 5.74) is 0.525. The van der Waals surface area contributed by atoms with Crippen molar-refractivity contribution in [1.82, 2.24) is 5.32 Å². The Bertz CT molecular complexity index is 580. The summed E-state index contributed by atoms with van der Waals surface area (Å²) < 4.78 is 5.80. The zero-order valence-electron chi connectivity index (χ0n) is 12.9. The van der Waals surface area contributed by atoms with Crippen molar-refractivity contribution in [2.75, 3.05) is 0 Å². The van der Waals surface area contributed by atoms with E-state index in [1.54, 1.807) is 33.8 Å². The zero-order chi connectivity index (χ0) is 17.1. The maximum absolute atomic E-state index is 11.7. The van der Waals surface area contributed by atoms with Crippen molar-refractivity contribution in [3.63, 3.8) is 0 Å². The van der Waals surface area contributed by atoms with Crippen molar-refractivity contribution in [3.05, 3.63) is 27.7 Å². The molecule has 1 aromatic carbocycles. The molecule has 7 heteroatoms. The van der Waals surface area contributed by atoms with Crippen LogP contribution in [0.3, 0.4) is 0 Å². The molecule has 0 spiro atoms. The Hall–Kier alpha value is -1.76. The third-order valence-corrected chi connectivity index (χ3v) is 3.63. The van der Waals surface area contributed by atoms with E-state index in [0.29, 0.717) is 5.56 Å². The van der Waals surface area contributed by atoms with E-state index in [9.17, 15) is 19.8 Å². The highest BCUT2D eigenvalue weighted by atomic mass is 79.9. The number of carbonyl (C=O) groups is 2. The molecule has 1 rings (SSSR count). The van der Waals surface area contributed by atoms with Gasteiger partial charge in [0.2, 0.25) is 0 Å². The molecule has 0 aliphatic heterocycles. The first-order valence-corrected chi connectivity index (χ1v) is 7.49. The van der Waals surface area contributed by atoms with Crippen molar-refractivity contribution in [2.45, 2.75) is 45.8 Å². The number of benzene rings is 1. The van der Waals surface area contributed by atoms with E-state index in [0.717, 1.165) is 10.0 Å². The van der Waals surface area contributed by atoms with Crippen LogP contribution in [0.4, 0.5) is 4.79 Å². The average molecular weight is 374 g/mol. The van der Waals surface area contributed by atoms with Crippen molar-refractivity contribution in [3.8, 4) is 5.75 Å². The summed E-state index contributed by atoms with van der Waals surface area (Å²) >= 11 is 3.33. The molecule has 3 N–H and O–H groups in total. The van der Waals surface area contributed by atoms with Gasteiger partial charge >= 0.3 is 12.1 Å². The molecule has 1 unspecified atom stereocenters. The van der Waals surface area contributed by atoms with Crippen LogP contribution in [-0.4, -0.2) is 33.9 Å². The van der Waals surface area contributed by atoms with E-state index in [1.807, 2.05) is 0 Å². The van der Waals surface area contributed by atoms with Crippen LogP contribution >= 0.6 is 15.9 Å². The first kappa shape index (κ1) is 18.3. The maximum Gasteiger partial charge on any atom is 0.408 e. The molecule has 0 heterocycles. The van der Waals surface area contributed by atoms with Crippen LogP contribution in [0.2, 0.25) is 0 Å². The topological polar surface area (TPSA) is 95.9 Å². The number of rotatable bonds is 4. The summed E-state index contributed by atoms with van der Waals surface area (Å²) in [5, 5.41) is 21.4. The highest BCUT2D eigenvalue weighted by molar-refractivity contribution is 9.10. The van der Waals surface area contributed by atoms with Gasteiger partial charge in [0.15, 0.2) is 0 Å². The monoisotopic (exact) mass is 373 g/mol. The first-order chi connectivity index (χ1) is 9.99. The third-order valence-electron chi connectivity index (χ3n) is 2.77. The lowest BCUT2D eigenvalue weighted by molar-refractivity contribution is -0.139. The number of nitrogens with one attached hydrogen (secondary N) is 1. The molecule has 0 radical (unpaired) electrons. The number of halogens is 1. The number of phenols is 1. The molecule has 22 heavy (non-hydrogen) atoms. The van der Waals surface area contributed by atoms with Gasteiger partial charge in [-0.25, -0.2) is 9.59 Å². The van der Waals surface area contributed by atoms with Gasteiger partial charge in [0.05, 0.1) is 0 Å². The maximum atomic E-state index is 11.7. The number of aliphatic carboxylic acids is 1. The van der Waals surface area contributed by atoms with Crippen LogP contribution in [0.15, 0.2) is 16.6 Å². The fourth-order valence-corrected chi connectivity index (χ4v) is 2.13.